The third-order valence-corrected chi connectivity index (χ3v) is 5.60. The van der Waals surface area contributed by atoms with Gasteiger partial charge in [-0.1, -0.05) is 36.0 Å². The third kappa shape index (κ3) is 4.17. The zero-order valence-electron chi connectivity index (χ0n) is 16.3. The lowest BCUT2D eigenvalue weighted by molar-refractivity contribution is 0.414. The Kier molecular flexibility index (Phi) is 5.62. The van der Waals surface area contributed by atoms with Gasteiger partial charge >= 0.3 is 0 Å². The molecule has 0 N–H and O–H groups in total. The summed E-state index contributed by atoms with van der Waals surface area (Å²) in [5.41, 5.74) is 2.86. The Hall–Kier alpha value is -3.12. The van der Waals surface area contributed by atoms with Crippen molar-refractivity contribution in [1.82, 2.24) is 14.5 Å². The van der Waals surface area contributed by atoms with Crippen molar-refractivity contribution in [3.05, 3.63) is 88.3 Å². The average Bonchev–Trinajstić information content (AvgIpc) is 2.74. The van der Waals surface area contributed by atoms with E-state index in [2.05, 4.69) is 17.1 Å². The maximum Gasteiger partial charge on any atom is 0.267 e. The normalized spacial score (nSPS) is 11.0. The monoisotopic (exact) mass is 403 g/mol. The topological polar surface area (TPSA) is 57.0 Å². The molecule has 0 radical (unpaired) electrons. The molecule has 146 valence electrons. The number of aromatic nitrogens is 3. The number of aryl methyl sites for hydroxylation is 2. The molecule has 6 heteroatoms. The summed E-state index contributed by atoms with van der Waals surface area (Å²) in [6.45, 7) is 1.99. The van der Waals surface area contributed by atoms with Crippen molar-refractivity contribution in [2.24, 2.45) is 0 Å². The molecule has 2 aromatic heterocycles. The lowest BCUT2D eigenvalue weighted by atomic mass is 10.2. The van der Waals surface area contributed by atoms with E-state index in [0.29, 0.717) is 21.9 Å². The van der Waals surface area contributed by atoms with Gasteiger partial charge in [0.05, 0.1) is 18.0 Å². The number of fused-ring (bicyclic) bond motifs is 1. The second-order valence-electron chi connectivity index (χ2n) is 6.69. The van der Waals surface area contributed by atoms with Gasteiger partial charge in [-0.25, -0.2) is 14.5 Å². The van der Waals surface area contributed by atoms with Crippen LogP contribution in [0.25, 0.3) is 16.7 Å². The number of hydrogen-bond acceptors (Lipinski definition) is 5. The fourth-order valence-corrected chi connectivity index (χ4v) is 4.09. The molecule has 0 aliphatic heterocycles. The predicted molar refractivity (Wildman–Crippen MR) is 117 cm³/mol. The van der Waals surface area contributed by atoms with Crippen molar-refractivity contribution in [3.63, 3.8) is 0 Å². The molecule has 0 amide bonds. The summed E-state index contributed by atoms with van der Waals surface area (Å²) >= 11 is 1.56. The highest BCUT2D eigenvalue weighted by Gasteiger charge is 2.14. The second kappa shape index (κ2) is 8.49. The van der Waals surface area contributed by atoms with Crippen molar-refractivity contribution in [3.8, 4) is 11.6 Å². The van der Waals surface area contributed by atoms with Gasteiger partial charge in [0, 0.05) is 11.9 Å². The van der Waals surface area contributed by atoms with Crippen LogP contribution in [0.1, 0.15) is 11.1 Å². The lowest BCUT2D eigenvalue weighted by Crippen LogP contribution is -2.22. The first-order chi connectivity index (χ1) is 14.2. The van der Waals surface area contributed by atoms with Gasteiger partial charge in [0.25, 0.3) is 5.56 Å². The summed E-state index contributed by atoms with van der Waals surface area (Å²) < 4.78 is 6.83. The predicted octanol–water partition coefficient (Wildman–Crippen LogP) is 4.43. The highest BCUT2D eigenvalue weighted by molar-refractivity contribution is 7.99. The quantitative estimate of drug-likeness (QED) is 0.352. The van der Waals surface area contributed by atoms with E-state index in [0.717, 1.165) is 23.5 Å². The lowest BCUT2D eigenvalue weighted by Gasteiger charge is -2.13. The van der Waals surface area contributed by atoms with Gasteiger partial charge in [-0.15, -0.1) is 0 Å². The summed E-state index contributed by atoms with van der Waals surface area (Å²) in [6.07, 6.45) is 2.58. The Balaban J connectivity index is 1.68. The zero-order chi connectivity index (χ0) is 20.2. The van der Waals surface area contributed by atoms with Gasteiger partial charge in [0.15, 0.2) is 5.16 Å². The van der Waals surface area contributed by atoms with Crippen LogP contribution in [-0.2, 0) is 6.42 Å². The summed E-state index contributed by atoms with van der Waals surface area (Å²) in [5.74, 6) is 2.24. The first kappa shape index (κ1) is 19.2. The molecule has 29 heavy (non-hydrogen) atoms. The molecule has 0 fully saturated rings. The number of methoxy groups -OCH3 is 1. The summed E-state index contributed by atoms with van der Waals surface area (Å²) in [4.78, 5) is 22.4. The first-order valence-electron chi connectivity index (χ1n) is 9.36. The molecular weight excluding hydrogens is 382 g/mol. The van der Waals surface area contributed by atoms with E-state index in [1.54, 1.807) is 29.6 Å². The molecule has 2 heterocycles. The number of nitrogens with zero attached hydrogens (tertiary/aromatic N) is 3. The van der Waals surface area contributed by atoms with Crippen LogP contribution in [0.5, 0.6) is 5.75 Å². The standard InChI is InChI=1S/C23H21N3O2S/c1-16-11-13-24-21(15-16)26-22(27)19-5-3-4-6-20(19)25-23(26)29-14-12-17-7-9-18(28-2)10-8-17/h3-11,13,15H,12,14H2,1-2H3. The van der Waals surface area contributed by atoms with Crippen LogP contribution in [0.2, 0.25) is 0 Å². The summed E-state index contributed by atoms with van der Waals surface area (Å²) in [5, 5.41) is 1.25. The molecular formula is C23H21N3O2S. The van der Waals surface area contributed by atoms with Gasteiger partial charge in [-0.3, -0.25) is 4.79 Å². The maximum absolute atomic E-state index is 13.2. The van der Waals surface area contributed by atoms with Crippen molar-refractivity contribution >= 4 is 22.7 Å². The molecule has 0 atom stereocenters. The molecule has 4 rings (SSSR count). The minimum Gasteiger partial charge on any atom is -0.497 e. The molecule has 0 bridgehead atoms. The van der Waals surface area contributed by atoms with Crippen molar-refractivity contribution in [2.75, 3.05) is 12.9 Å². The Morgan fingerprint density at radius 3 is 2.62 bits per heavy atom. The number of benzene rings is 2. The summed E-state index contributed by atoms with van der Waals surface area (Å²) in [6, 6.07) is 19.3. The van der Waals surface area contributed by atoms with E-state index >= 15 is 0 Å². The third-order valence-electron chi connectivity index (χ3n) is 4.66. The van der Waals surface area contributed by atoms with Crippen LogP contribution in [0, 0.1) is 6.92 Å². The Labute approximate surface area is 173 Å². The van der Waals surface area contributed by atoms with E-state index in [1.165, 1.54) is 5.56 Å². The van der Waals surface area contributed by atoms with Crippen molar-refractivity contribution in [1.29, 1.82) is 0 Å². The Bertz CT molecular complexity index is 1200. The van der Waals surface area contributed by atoms with E-state index in [4.69, 9.17) is 9.72 Å². The molecule has 0 aliphatic rings. The molecule has 4 aromatic rings. The fourth-order valence-electron chi connectivity index (χ4n) is 3.11. The Morgan fingerprint density at radius 1 is 1.07 bits per heavy atom. The van der Waals surface area contributed by atoms with Gasteiger partial charge in [-0.2, -0.15) is 0 Å². The number of ether oxygens (including phenoxy) is 1. The van der Waals surface area contributed by atoms with Crippen LogP contribution in [0.4, 0.5) is 0 Å². The summed E-state index contributed by atoms with van der Waals surface area (Å²) in [7, 11) is 1.66. The number of pyridine rings is 1. The molecule has 0 saturated heterocycles. The van der Waals surface area contributed by atoms with E-state index in [1.807, 2.05) is 55.5 Å². The van der Waals surface area contributed by atoms with Crippen LogP contribution < -0.4 is 10.3 Å². The maximum atomic E-state index is 13.2. The molecule has 2 aromatic carbocycles. The number of thioether (sulfide) groups is 1. The van der Waals surface area contributed by atoms with Gasteiger partial charge in [0.2, 0.25) is 0 Å². The van der Waals surface area contributed by atoms with Gasteiger partial charge in [0.1, 0.15) is 11.6 Å². The minimum atomic E-state index is -0.0966. The minimum absolute atomic E-state index is 0.0966. The van der Waals surface area contributed by atoms with Crippen LogP contribution >= 0.6 is 11.8 Å². The second-order valence-corrected chi connectivity index (χ2v) is 7.75. The molecule has 0 saturated carbocycles. The highest BCUT2D eigenvalue weighted by atomic mass is 32.2. The SMILES string of the molecule is COc1ccc(CCSc2nc3ccccc3c(=O)n2-c2cc(C)ccn2)cc1. The first-order valence-corrected chi connectivity index (χ1v) is 10.3. The van der Waals surface area contributed by atoms with Crippen LogP contribution in [0.15, 0.2) is 76.8 Å². The molecule has 0 aliphatic carbocycles. The van der Waals surface area contributed by atoms with Crippen molar-refractivity contribution in [2.45, 2.75) is 18.5 Å². The number of rotatable bonds is 6. The van der Waals surface area contributed by atoms with E-state index < -0.39 is 0 Å². The molecule has 0 spiro atoms. The molecule has 5 nitrogen and oxygen atoms in total. The van der Waals surface area contributed by atoms with Crippen molar-refractivity contribution < 1.29 is 4.74 Å². The zero-order valence-corrected chi connectivity index (χ0v) is 17.1. The van der Waals surface area contributed by atoms with E-state index in [-0.39, 0.29) is 5.56 Å². The fraction of sp³-hybridized carbons (Fsp3) is 0.174. The highest BCUT2D eigenvalue weighted by Crippen LogP contribution is 2.22. The van der Waals surface area contributed by atoms with Crippen LogP contribution in [0.3, 0.4) is 0 Å². The van der Waals surface area contributed by atoms with Gasteiger partial charge < -0.3 is 4.74 Å². The molecule has 0 unspecified atom stereocenters. The van der Waals surface area contributed by atoms with Gasteiger partial charge in [-0.05, 0) is 60.9 Å². The Morgan fingerprint density at radius 2 is 1.86 bits per heavy atom. The van der Waals surface area contributed by atoms with Crippen LogP contribution in [-0.4, -0.2) is 27.4 Å². The smallest absolute Gasteiger partial charge is 0.267 e. The average molecular weight is 404 g/mol. The van der Waals surface area contributed by atoms with E-state index in [9.17, 15) is 4.79 Å². The number of para-hydroxylation sites is 1. The number of hydrogen-bond donors (Lipinski definition) is 0. The largest absolute Gasteiger partial charge is 0.497 e.